The average Bonchev–Trinajstić information content (AvgIpc) is 2.83. The van der Waals surface area contributed by atoms with Gasteiger partial charge in [0.25, 0.3) is 0 Å². The topological polar surface area (TPSA) is 29.1 Å². The average molecular weight is 257 g/mol. The first-order valence-electron chi connectivity index (χ1n) is 6.00. The third-order valence-electron chi connectivity index (χ3n) is 3.63. The second-order valence-electron chi connectivity index (χ2n) is 5.27. The van der Waals surface area contributed by atoms with Crippen molar-refractivity contribution in [3.05, 3.63) is 40.8 Å². The number of nitrogens with one attached hydrogen (secondary N) is 1. The van der Waals surface area contributed by atoms with Crippen LogP contribution in [0.25, 0.3) is 10.4 Å². The predicted octanol–water partition coefficient (Wildman–Crippen LogP) is 3.95. The first-order chi connectivity index (χ1) is 8.50. The Kier molecular flexibility index (Phi) is 2.35. The summed E-state index contributed by atoms with van der Waals surface area (Å²) in [7, 11) is 0. The van der Waals surface area contributed by atoms with Crippen LogP contribution in [-0.4, -0.2) is 5.91 Å². The molecule has 3 heteroatoms. The Morgan fingerprint density at radius 1 is 1.22 bits per heavy atom. The van der Waals surface area contributed by atoms with Gasteiger partial charge in [-0.25, -0.2) is 0 Å². The van der Waals surface area contributed by atoms with Gasteiger partial charge in [0, 0.05) is 10.6 Å². The Labute approximate surface area is 111 Å². The second-order valence-corrected chi connectivity index (χ2v) is 6.19. The van der Waals surface area contributed by atoms with Crippen molar-refractivity contribution in [1.29, 1.82) is 0 Å². The normalized spacial score (nSPS) is 16.5. The highest BCUT2D eigenvalue weighted by molar-refractivity contribution is 7.13. The van der Waals surface area contributed by atoms with Crippen LogP contribution in [0.15, 0.2) is 29.6 Å². The van der Waals surface area contributed by atoms with Crippen LogP contribution in [0.3, 0.4) is 0 Å². The maximum absolute atomic E-state index is 11.9. The monoisotopic (exact) mass is 257 g/mol. The third kappa shape index (κ3) is 1.51. The number of thiophene rings is 1. The molecule has 2 heterocycles. The minimum atomic E-state index is -0.434. The second kappa shape index (κ2) is 3.69. The Morgan fingerprint density at radius 2 is 2.00 bits per heavy atom. The van der Waals surface area contributed by atoms with Gasteiger partial charge in [-0.15, -0.1) is 11.3 Å². The Balaban J connectivity index is 2.16. The van der Waals surface area contributed by atoms with Crippen molar-refractivity contribution in [2.24, 2.45) is 0 Å². The number of carbonyl (C=O) groups is 1. The molecule has 18 heavy (non-hydrogen) atoms. The summed E-state index contributed by atoms with van der Waals surface area (Å²) < 4.78 is 0. The molecule has 1 amide bonds. The quantitative estimate of drug-likeness (QED) is 0.823. The van der Waals surface area contributed by atoms with Gasteiger partial charge in [-0.3, -0.25) is 4.79 Å². The lowest BCUT2D eigenvalue weighted by Gasteiger charge is -2.15. The molecule has 0 fully saturated rings. The summed E-state index contributed by atoms with van der Waals surface area (Å²) in [5.74, 6) is 0.0811. The standard InChI is InChI=1S/C15H15NOS/c1-9-6-7-18-13(9)10-4-5-12-11(8-10)15(2,3)14(17)16-12/h4-8H,1-3H3,(H,16,17). The van der Waals surface area contributed by atoms with E-state index in [1.54, 1.807) is 11.3 Å². The zero-order chi connectivity index (χ0) is 12.9. The largest absolute Gasteiger partial charge is 0.325 e. The summed E-state index contributed by atoms with van der Waals surface area (Å²) >= 11 is 1.74. The fraction of sp³-hybridized carbons (Fsp3) is 0.267. The summed E-state index contributed by atoms with van der Waals surface area (Å²) in [6, 6.07) is 8.36. The van der Waals surface area contributed by atoms with E-state index in [4.69, 9.17) is 0 Å². The molecule has 1 aliphatic rings. The van der Waals surface area contributed by atoms with Gasteiger partial charge >= 0.3 is 0 Å². The molecule has 92 valence electrons. The molecule has 1 aromatic carbocycles. The van der Waals surface area contributed by atoms with Crippen LogP contribution < -0.4 is 5.32 Å². The highest BCUT2D eigenvalue weighted by Gasteiger charge is 2.38. The number of benzene rings is 1. The molecule has 0 unspecified atom stereocenters. The molecule has 2 aromatic rings. The van der Waals surface area contributed by atoms with Crippen LogP contribution in [0.4, 0.5) is 5.69 Å². The minimum absolute atomic E-state index is 0.0811. The Hall–Kier alpha value is -1.61. The lowest BCUT2D eigenvalue weighted by molar-refractivity contribution is -0.119. The molecule has 1 aromatic heterocycles. The number of aryl methyl sites for hydroxylation is 1. The van der Waals surface area contributed by atoms with Gasteiger partial charge in [-0.1, -0.05) is 6.07 Å². The lowest BCUT2D eigenvalue weighted by Crippen LogP contribution is -2.26. The molecule has 0 atom stereocenters. The number of fused-ring (bicyclic) bond motifs is 1. The fourth-order valence-corrected chi connectivity index (χ4v) is 3.31. The van der Waals surface area contributed by atoms with Gasteiger partial charge in [-0.2, -0.15) is 0 Å². The molecular weight excluding hydrogens is 242 g/mol. The smallest absolute Gasteiger partial charge is 0.234 e. The SMILES string of the molecule is Cc1ccsc1-c1ccc2c(c1)C(C)(C)C(=O)N2. The van der Waals surface area contributed by atoms with Crippen LogP contribution in [-0.2, 0) is 10.2 Å². The van der Waals surface area contributed by atoms with Crippen molar-refractivity contribution >= 4 is 22.9 Å². The summed E-state index contributed by atoms with van der Waals surface area (Å²) in [5, 5.41) is 5.04. The third-order valence-corrected chi connectivity index (χ3v) is 4.70. The highest BCUT2D eigenvalue weighted by atomic mass is 32.1. The molecule has 0 saturated heterocycles. The molecule has 0 spiro atoms. The first-order valence-corrected chi connectivity index (χ1v) is 6.88. The summed E-state index contributed by atoms with van der Waals surface area (Å²) in [6.07, 6.45) is 0. The Morgan fingerprint density at radius 3 is 2.67 bits per heavy atom. The number of hydrogen-bond donors (Lipinski definition) is 1. The molecule has 1 N–H and O–H groups in total. The summed E-state index contributed by atoms with van der Waals surface area (Å²) in [6.45, 7) is 6.06. The molecular formula is C15H15NOS. The molecule has 2 nitrogen and oxygen atoms in total. The van der Waals surface area contributed by atoms with Crippen LogP contribution in [0.1, 0.15) is 25.0 Å². The van der Waals surface area contributed by atoms with Gasteiger partial charge in [0.05, 0.1) is 5.41 Å². The van der Waals surface area contributed by atoms with Crippen molar-refractivity contribution in [3.63, 3.8) is 0 Å². The van der Waals surface area contributed by atoms with Crippen LogP contribution >= 0.6 is 11.3 Å². The number of amides is 1. The van der Waals surface area contributed by atoms with E-state index in [9.17, 15) is 4.79 Å². The van der Waals surface area contributed by atoms with Crippen LogP contribution in [0.5, 0.6) is 0 Å². The van der Waals surface area contributed by atoms with Gasteiger partial charge in [0.1, 0.15) is 0 Å². The van der Waals surface area contributed by atoms with Crippen molar-refractivity contribution in [2.75, 3.05) is 5.32 Å². The van der Waals surface area contributed by atoms with Gasteiger partial charge < -0.3 is 5.32 Å². The van der Waals surface area contributed by atoms with E-state index >= 15 is 0 Å². The number of anilines is 1. The van der Waals surface area contributed by atoms with Crippen molar-refractivity contribution in [2.45, 2.75) is 26.2 Å². The zero-order valence-corrected chi connectivity index (χ0v) is 11.5. The molecule has 0 saturated carbocycles. The lowest BCUT2D eigenvalue weighted by atomic mass is 9.85. The Bertz CT molecular complexity index is 640. The van der Waals surface area contributed by atoms with E-state index < -0.39 is 5.41 Å². The zero-order valence-electron chi connectivity index (χ0n) is 10.7. The van der Waals surface area contributed by atoms with E-state index in [2.05, 4.69) is 35.8 Å². The highest BCUT2D eigenvalue weighted by Crippen LogP contribution is 2.40. The predicted molar refractivity (Wildman–Crippen MR) is 76.1 cm³/mol. The fourth-order valence-electron chi connectivity index (χ4n) is 2.38. The molecule has 0 bridgehead atoms. The van der Waals surface area contributed by atoms with Crippen LogP contribution in [0.2, 0.25) is 0 Å². The van der Waals surface area contributed by atoms with Crippen molar-refractivity contribution < 1.29 is 4.79 Å². The summed E-state index contributed by atoms with van der Waals surface area (Å²) in [5.41, 5.74) is 4.10. The van der Waals surface area contributed by atoms with Crippen molar-refractivity contribution in [1.82, 2.24) is 0 Å². The van der Waals surface area contributed by atoms with E-state index in [-0.39, 0.29) is 5.91 Å². The number of rotatable bonds is 1. The van der Waals surface area contributed by atoms with Gasteiger partial charge in [0.15, 0.2) is 0 Å². The maximum atomic E-state index is 11.9. The molecule has 3 rings (SSSR count). The number of hydrogen-bond acceptors (Lipinski definition) is 2. The van der Waals surface area contributed by atoms with Gasteiger partial charge in [-0.05, 0) is 61.0 Å². The van der Waals surface area contributed by atoms with Crippen molar-refractivity contribution in [3.8, 4) is 10.4 Å². The minimum Gasteiger partial charge on any atom is -0.325 e. The summed E-state index contributed by atoms with van der Waals surface area (Å²) in [4.78, 5) is 13.2. The van der Waals surface area contributed by atoms with Crippen LogP contribution in [0, 0.1) is 6.92 Å². The molecule has 0 aliphatic carbocycles. The molecule has 1 aliphatic heterocycles. The first kappa shape index (κ1) is 11.5. The van der Waals surface area contributed by atoms with Gasteiger partial charge in [0.2, 0.25) is 5.91 Å². The number of carbonyl (C=O) groups excluding carboxylic acids is 1. The molecule has 0 radical (unpaired) electrons. The maximum Gasteiger partial charge on any atom is 0.234 e. The van der Waals surface area contributed by atoms with E-state index in [0.717, 1.165) is 11.3 Å². The van der Waals surface area contributed by atoms with E-state index in [1.807, 2.05) is 19.9 Å². The van der Waals surface area contributed by atoms with E-state index in [0.29, 0.717) is 0 Å². The van der Waals surface area contributed by atoms with E-state index in [1.165, 1.54) is 16.0 Å².